The Hall–Kier alpha value is -2.54. The highest BCUT2D eigenvalue weighted by Crippen LogP contribution is 2.36. The minimum absolute atomic E-state index is 0.00148. The molecule has 1 fully saturated rings. The molecule has 1 saturated carbocycles. The van der Waals surface area contributed by atoms with E-state index in [2.05, 4.69) is 20.0 Å². The molecule has 1 amide bonds. The second-order valence-corrected chi connectivity index (χ2v) is 7.76. The lowest BCUT2D eigenvalue weighted by molar-refractivity contribution is -0.117. The molecule has 4 rings (SSSR count). The van der Waals surface area contributed by atoms with E-state index in [1.807, 2.05) is 25.1 Å². The van der Waals surface area contributed by atoms with Gasteiger partial charge in [-0.25, -0.2) is 9.37 Å². The van der Waals surface area contributed by atoms with Crippen LogP contribution in [0.5, 0.6) is 0 Å². The van der Waals surface area contributed by atoms with Crippen LogP contribution in [-0.2, 0) is 4.79 Å². The highest BCUT2D eigenvalue weighted by molar-refractivity contribution is 8.00. The SMILES string of the molecule is CCSNc1ccc(-c2cc(NC(=O)C3CC3)nc3[nH]ccc23)c(C)c1F. The van der Waals surface area contributed by atoms with Gasteiger partial charge in [-0.3, -0.25) is 4.79 Å². The molecule has 27 heavy (non-hydrogen) atoms. The van der Waals surface area contributed by atoms with E-state index in [9.17, 15) is 9.18 Å². The minimum atomic E-state index is -0.266. The normalized spacial score (nSPS) is 13.7. The summed E-state index contributed by atoms with van der Waals surface area (Å²) in [4.78, 5) is 19.7. The van der Waals surface area contributed by atoms with Gasteiger partial charge in [0.15, 0.2) is 5.82 Å². The zero-order chi connectivity index (χ0) is 19.0. The smallest absolute Gasteiger partial charge is 0.228 e. The summed E-state index contributed by atoms with van der Waals surface area (Å²) >= 11 is 1.46. The van der Waals surface area contributed by atoms with Gasteiger partial charge in [0, 0.05) is 23.3 Å². The lowest BCUT2D eigenvalue weighted by Crippen LogP contribution is -2.14. The monoisotopic (exact) mass is 384 g/mol. The number of carbonyl (C=O) groups excluding carboxylic acids is 1. The zero-order valence-corrected chi connectivity index (χ0v) is 16.0. The van der Waals surface area contributed by atoms with Crippen molar-refractivity contribution in [3.8, 4) is 11.1 Å². The Balaban J connectivity index is 1.77. The molecule has 2 heterocycles. The van der Waals surface area contributed by atoms with Crippen LogP contribution in [0, 0.1) is 18.7 Å². The van der Waals surface area contributed by atoms with Crippen molar-refractivity contribution in [1.82, 2.24) is 9.97 Å². The largest absolute Gasteiger partial charge is 0.346 e. The average molecular weight is 384 g/mol. The Bertz CT molecular complexity index is 1010. The molecule has 1 aliphatic carbocycles. The number of fused-ring (bicyclic) bond motifs is 1. The van der Waals surface area contributed by atoms with E-state index in [0.717, 1.165) is 35.1 Å². The number of aromatic amines is 1. The van der Waals surface area contributed by atoms with Crippen molar-refractivity contribution in [1.29, 1.82) is 0 Å². The molecule has 140 valence electrons. The molecule has 0 unspecified atom stereocenters. The lowest BCUT2D eigenvalue weighted by Gasteiger charge is -2.14. The summed E-state index contributed by atoms with van der Waals surface area (Å²) in [6, 6.07) is 7.40. The fourth-order valence-electron chi connectivity index (χ4n) is 3.10. The second-order valence-electron chi connectivity index (χ2n) is 6.69. The third kappa shape index (κ3) is 3.51. The summed E-state index contributed by atoms with van der Waals surface area (Å²) < 4.78 is 17.9. The van der Waals surface area contributed by atoms with Crippen molar-refractivity contribution in [2.24, 2.45) is 5.92 Å². The van der Waals surface area contributed by atoms with Crippen LogP contribution in [0.25, 0.3) is 22.2 Å². The van der Waals surface area contributed by atoms with Crippen LogP contribution >= 0.6 is 11.9 Å². The number of aromatic nitrogens is 2. The Morgan fingerprint density at radius 1 is 1.33 bits per heavy atom. The van der Waals surface area contributed by atoms with Gasteiger partial charge in [-0.05, 0) is 54.7 Å². The summed E-state index contributed by atoms with van der Waals surface area (Å²) in [5.74, 6) is 1.16. The van der Waals surface area contributed by atoms with Gasteiger partial charge in [0.25, 0.3) is 0 Å². The molecule has 2 aromatic heterocycles. The number of benzene rings is 1. The number of hydrogen-bond donors (Lipinski definition) is 3. The van der Waals surface area contributed by atoms with Crippen molar-refractivity contribution in [2.75, 3.05) is 15.8 Å². The molecule has 0 spiro atoms. The fraction of sp³-hybridized carbons (Fsp3) is 0.300. The number of halogens is 1. The molecular weight excluding hydrogens is 363 g/mol. The number of amides is 1. The molecule has 0 aliphatic heterocycles. The first-order valence-electron chi connectivity index (χ1n) is 9.04. The van der Waals surface area contributed by atoms with Crippen molar-refractivity contribution < 1.29 is 9.18 Å². The van der Waals surface area contributed by atoms with E-state index in [0.29, 0.717) is 22.7 Å². The fourth-order valence-corrected chi connectivity index (χ4v) is 3.56. The molecule has 0 saturated heterocycles. The van der Waals surface area contributed by atoms with E-state index >= 15 is 0 Å². The minimum Gasteiger partial charge on any atom is -0.346 e. The lowest BCUT2D eigenvalue weighted by atomic mass is 9.97. The van der Waals surface area contributed by atoms with Crippen LogP contribution in [0.1, 0.15) is 25.3 Å². The molecule has 3 N–H and O–H groups in total. The third-order valence-corrected chi connectivity index (χ3v) is 5.38. The third-order valence-electron chi connectivity index (χ3n) is 4.73. The molecule has 5 nitrogen and oxygen atoms in total. The standard InChI is InChI=1S/C20H21FN4OS/c1-3-27-25-16-7-6-13(11(2)18(16)21)15-10-17(24-20(26)12-4-5-12)23-19-14(15)8-9-22-19/h6-10,12,25H,3-5H2,1-2H3,(H2,22,23,24,26). The summed E-state index contributed by atoms with van der Waals surface area (Å²) in [7, 11) is 0. The van der Waals surface area contributed by atoms with Crippen molar-refractivity contribution >= 4 is 40.4 Å². The molecule has 7 heteroatoms. The van der Waals surface area contributed by atoms with Crippen LogP contribution in [-0.4, -0.2) is 21.6 Å². The van der Waals surface area contributed by atoms with Crippen molar-refractivity contribution in [3.63, 3.8) is 0 Å². The highest BCUT2D eigenvalue weighted by Gasteiger charge is 2.30. The Kier molecular flexibility index (Phi) is 4.78. The number of hydrogen-bond acceptors (Lipinski definition) is 4. The first-order chi connectivity index (χ1) is 13.1. The molecule has 3 aromatic rings. The Morgan fingerprint density at radius 3 is 2.89 bits per heavy atom. The summed E-state index contributed by atoms with van der Waals surface area (Å²) in [6.45, 7) is 3.78. The number of nitrogens with one attached hydrogen (secondary N) is 3. The molecule has 0 bridgehead atoms. The molecule has 1 aromatic carbocycles. The summed E-state index contributed by atoms with van der Waals surface area (Å²) in [5.41, 5.74) is 3.34. The Labute approximate surface area is 161 Å². The van der Waals surface area contributed by atoms with Gasteiger partial charge in [0.2, 0.25) is 5.91 Å². The van der Waals surface area contributed by atoms with Gasteiger partial charge in [-0.2, -0.15) is 0 Å². The van der Waals surface area contributed by atoms with E-state index < -0.39 is 0 Å². The van der Waals surface area contributed by atoms with Crippen LogP contribution in [0.2, 0.25) is 0 Å². The average Bonchev–Trinajstić information content (AvgIpc) is 3.41. The maximum Gasteiger partial charge on any atom is 0.228 e. The second kappa shape index (κ2) is 7.23. The Morgan fingerprint density at radius 2 is 2.15 bits per heavy atom. The van der Waals surface area contributed by atoms with E-state index in [4.69, 9.17) is 0 Å². The van der Waals surface area contributed by atoms with Gasteiger partial charge < -0.3 is 15.0 Å². The van der Waals surface area contributed by atoms with Gasteiger partial charge in [0.1, 0.15) is 11.5 Å². The quantitative estimate of drug-likeness (QED) is 0.517. The van der Waals surface area contributed by atoms with Gasteiger partial charge in [-0.1, -0.05) is 24.9 Å². The molecule has 0 atom stereocenters. The molecule has 0 radical (unpaired) electrons. The van der Waals surface area contributed by atoms with Crippen LogP contribution in [0.3, 0.4) is 0 Å². The molecule has 1 aliphatic rings. The van der Waals surface area contributed by atoms with Gasteiger partial charge >= 0.3 is 0 Å². The van der Waals surface area contributed by atoms with E-state index in [1.165, 1.54) is 11.9 Å². The summed E-state index contributed by atoms with van der Waals surface area (Å²) in [5, 5.41) is 3.78. The predicted octanol–water partition coefficient (Wildman–Crippen LogP) is 5.11. The maximum absolute atomic E-state index is 14.9. The van der Waals surface area contributed by atoms with Crippen molar-refractivity contribution in [3.05, 3.63) is 41.8 Å². The van der Waals surface area contributed by atoms with Gasteiger partial charge in [-0.15, -0.1) is 0 Å². The topological polar surface area (TPSA) is 69.8 Å². The van der Waals surface area contributed by atoms with E-state index in [-0.39, 0.29) is 17.6 Å². The first-order valence-corrected chi connectivity index (χ1v) is 10.0. The maximum atomic E-state index is 14.9. The van der Waals surface area contributed by atoms with E-state index in [1.54, 1.807) is 19.2 Å². The van der Waals surface area contributed by atoms with Crippen LogP contribution in [0.15, 0.2) is 30.5 Å². The molecular formula is C20H21FN4OS. The van der Waals surface area contributed by atoms with Crippen LogP contribution < -0.4 is 10.0 Å². The predicted molar refractivity (Wildman–Crippen MR) is 109 cm³/mol. The number of carbonyl (C=O) groups is 1. The number of nitrogens with zero attached hydrogens (tertiary/aromatic N) is 1. The number of anilines is 2. The van der Waals surface area contributed by atoms with Gasteiger partial charge in [0.05, 0.1) is 5.69 Å². The number of pyridine rings is 1. The highest BCUT2D eigenvalue weighted by atomic mass is 32.2. The zero-order valence-electron chi connectivity index (χ0n) is 15.2. The first kappa shape index (κ1) is 17.9. The number of H-pyrrole nitrogens is 1. The number of rotatable bonds is 6. The van der Waals surface area contributed by atoms with Crippen molar-refractivity contribution in [2.45, 2.75) is 26.7 Å². The van der Waals surface area contributed by atoms with Crippen LogP contribution in [0.4, 0.5) is 15.9 Å². The summed E-state index contributed by atoms with van der Waals surface area (Å²) in [6.07, 6.45) is 3.66.